The molecule has 2 unspecified atom stereocenters. The van der Waals surface area contributed by atoms with Gasteiger partial charge in [0.25, 0.3) is 0 Å². The smallest absolute Gasteiger partial charge is 0.0615 e. The van der Waals surface area contributed by atoms with Crippen molar-refractivity contribution in [2.75, 3.05) is 33.4 Å². The van der Waals surface area contributed by atoms with Crippen LogP contribution < -0.4 is 11.1 Å². The van der Waals surface area contributed by atoms with Gasteiger partial charge in [-0.3, -0.25) is 0 Å². The van der Waals surface area contributed by atoms with Crippen LogP contribution in [0, 0.1) is 5.92 Å². The van der Waals surface area contributed by atoms with Crippen LogP contribution in [0.15, 0.2) is 0 Å². The zero-order valence-electron chi connectivity index (χ0n) is 10.0. The quantitative estimate of drug-likeness (QED) is 0.495. The lowest BCUT2D eigenvalue weighted by molar-refractivity contribution is 0.158. The molecule has 15 heavy (non-hydrogen) atoms. The molecule has 0 amide bonds. The number of rotatable bonds is 10. The average molecular weight is 218 g/mol. The van der Waals surface area contributed by atoms with E-state index in [0.29, 0.717) is 12.0 Å². The Balaban J connectivity index is 3.63. The minimum Gasteiger partial charge on any atom is -0.396 e. The van der Waals surface area contributed by atoms with Gasteiger partial charge in [0.1, 0.15) is 0 Å². The van der Waals surface area contributed by atoms with Gasteiger partial charge >= 0.3 is 0 Å². The maximum Gasteiger partial charge on any atom is 0.0615 e. The number of ether oxygens (including phenoxy) is 1. The summed E-state index contributed by atoms with van der Waals surface area (Å²) >= 11 is 0. The molecule has 0 aromatic carbocycles. The molecule has 0 fully saturated rings. The lowest BCUT2D eigenvalue weighted by Gasteiger charge is -2.20. The summed E-state index contributed by atoms with van der Waals surface area (Å²) in [7, 11) is 1.72. The summed E-state index contributed by atoms with van der Waals surface area (Å²) < 4.78 is 5.14. The van der Waals surface area contributed by atoms with Crippen molar-refractivity contribution in [3.05, 3.63) is 0 Å². The lowest BCUT2D eigenvalue weighted by Crippen LogP contribution is -2.36. The highest BCUT2D eigenvalue weighted by Crippen LogP contribution is 2.02. The average Bonchev–Trinajstić information content (AvgIpc) is 2.22. The van der Waals surface area contributed by atoms with Crippen molar-refractivity contribution in [3.63, 3.8) is 0 Å². The van der Waals surface area contributed by atoms with Crippen molar-refractivity contribution < 1.29 is 9.84 Å². The molecule has 92 valence electrons. The third-order valence-electron chi connectivity index (χ3n) is 2.50. The third kappa shape index (κ3) is 8.81. The van der Waals surface area contributed by atoms with Crippen molar-refractivity contribution >= 4 is 0 Å². The van der Waals surface area contributed by atoms with Crippen LogP contribution in [0.1, 0.15) is 26.2 Å². The second-order valence-corrected chi connectivity index (χ2v) is 4.11. The predicted molar refractivity (Wildman–Crippen MR) is 62.8 cm³/mol. The molecule has 4 heteroatoms. The van der Waals surface area contributed by atoms with Crippen LogP contribution in [-0.4, -0.2) is 44.6 Å². The Labute approximate surface area is 93.2 Å². The summed E-state index contributed by atoms with van der Waals surface area (Å²) in [5.74, 6) is 0.507. The van der Waals surface area contributed by atoms with E-state index in [-0.39, 0.29) is 6.61 Å². The van der Waals surface area contributed by atoms with Crippen LogP contribution in [0.2, 0.25) is 0 Å². The van der Waals surface area contributed by atoms with E-state index in [4.69, 9.17) is 15.6 Å². The van der Waals surface area contributed by atoms with Crippen LogP contribution in [0.5, 0.6) is 0 Å². The lowest BCUT2D eigenvalue weighted by atomic mass is 10.1. The van der Waals surface area contributed by atoms with Gasteiger partial charge in [0.15, 0.2) is 0 Å². The topological polar surface area (TPSA) is 67.5 Å². The van der Waals surface area contributed by atoms with Crippen LogP contribution in [0.4, 0.5) is 0 Å². The fourth-order valence-corrected chi connectivity index (χ4v) is 1.50. The first-order valence-corrected chi connectivity index (χ1v) is 5.77. The number of hydrogen-bond donors (Lipinski definition) is 3. The van der Waals surface area contributed by atoms with Gasteiger partial charge in [-0.2, -0.15) is 0 Å². The second kappa shape index (κ2) is 10.4. The molecule has 2 atom stereocenters. The molecule has 0 aliphatic carbocycles. The molecule has 0 aliphatic rings. The summed E-state index contributed by atoms with van der Waals surface area (Å²) in [5, 5.41) is 12.2. The molecule has 4 nitrogen and oxygen atoms in total. The van der Waals surface area contributed by atoms with Crippen LogP contribution in [0.25, 0.3) is 0 Å². The van der Waals surface area contributed by atoms with E-state index >= 15 is 0 Å². The largest absolute Gasteiger partial charge is 0.396 e. The molecule has 0 bridgehead atoms. The summed E-state index contributed by atoms with van der Waals surface area (Å²) in [4.78, 5) is 0. The van der Waals surface area contributed by atoms with Crippen molar-refractivity contribution in [1.29, 1.82) is 0 Å². The van der Waals surface area contributed by atoms with Crippen molar-refractivity contribution in [2.45, 2.75) is 32.2 Å². The van der Waals surface area contributed by atoms with Crippen LogP contribution in [0.3, 0.4) is 0 Å². The van der Waals surface area contributed by atoms with E-state index < -0.39 is 0 Å². The summed E-state index contributed by atoms with van der Waals surface area (Å²) in [6.45, 7) is 4.79. The molecule has 4 N–H and O–H groups in total. The fourth-order valence-electron chi connectivity index (χ4n) is 1.50. The number of nitrogens with two attached hydrogens (primary N) is 1. The maximum absolute atomic E-state index is 8.78. The second-order valence-electron chi connectivity index (χ2n) is 4.11. The zero-order valence-corrected chi connectivity index (χ0v) is 10.0. The van der Waals surface area contributed by atoms with Gasteiger partial charge in [0.2, 0.25) is 0 Å². The summed E-state index contributed by atoms with van der Waals surface area (Å²) in [6, 6.07) is 0.389. The Morgan fingerprint density at radius 1 is 1.40 bits per heavy atom. The number of methoxy groups -OCH3 is 1. The number of aliphatic hydroxyl groups is 1. The van der Waals surface area contributed by atoms with Crippen molar-refractivity contribution in [1.82, 2.24) is 5.32 Å². The van der Waals surface area contributed by atoms with Gasteiger partial charge in [-0.15, -0.1) is 0 Å². The van der Waals surface area contributed by atoms with Crippen molar-refractivity contribution in [2.24, 2.45) is 11.7 Å². The third-order valence-corrected chi connectivity index (χ3v) is 2.50. The molecule has 0 aromatic heterocycles. The van der Waals surface area contributed by atoms with Gasteiger partial charge in [0.05, 0.1) is 6.61 Å². The number of hydrogen-bond acceptors (Lipinski definition) is 4. The van der Waals surface area contributed by atoms with E-state index in [0.717, 1.165) is 39.0 Å². The molecule has 0 aliphatic heterocycles. The van der Waals surface area contributed by atoms with E-state index in [9.17, 15) is 0 Å². The molecular weight excluding hydrogens is 192 g/mol. The highest BCUT2D eigenvalue weighted by atomic mass is 16.5. The predicted octanol–water partition coefficient (Wildman–Crippen LogP) is 0.348. The highest BCUT2D eigenvalue weighted by Gasteiger charge is 2.09. The molecule has 0 saturated carbocycles. The van der Waals surface area contributed by atoms with E-state index in [1.165, 1.54) is 0 Å². The maximum atomic E-state index is 8.78. The van der Waals surface area contributed by atoms with Gasteiger partial charge in [-0.25, -0.2) is 0 Å². The molecule has 0 saturated heterocycles. The number of aliphatic hydroxyl groups excluding tert-OH is 1. The summed E-state index contributed by atoms with van der Waals surface area (Å²) in [6.07, 6.45) is 2.93. The number of nitrogens with one attached hydrogen (secondary N) is 1. The van der Waals surface area contributed by atoms with E-state index in [1.807, 2.05) is 0 Å². The minimum absolute atomic E-state index is 0.264. The molecule has 0 rings (SSSR count). The van der Waals surface area contributed by atoms with Gasteiger partial charge in [-0.1, -0.05) is 6.92 Å². The molecule has 0 spiro atoms. The SMILES string of the molecule is COCC(CCCN)NCC(C)CCO. The minimum atomic E-state index is 0.264. The zero-order chi connectivity index (χ0) is 11.5. The Morgan fingerprint density at radius 3 is 2.67 bits per heavy atom. The highest BCUT2D eigenvalue weighted by molar-refractivity contribution is 4.68. The van der Waals surface area contributed by atoms with Gasteiger partial charge in [-0.05, 0) is 38.3 Å². The molecule has 0 heterocycles. The fraction of sp³-hybridized carbons (Fsp3) is 1.00. The summed E-state index contributed by atoms with van der Waals surface area (Å²) in [5.41, 5.74) is 5.47. The first-order valence-electron chi connectivity index (χ1n) is 5.77. The Bertz CT molecular complexity index is 134. The van der Waals surface area contributed by atoms with Crippen LogP contribution >= 0.6 is 0 Å². The van der Waals surface area contributed by atoms with Gasteiger partial charge < -0.3 is 20.9 Å². The Morgan fingerprint density at radius 2 is 2.13 bits per heavy atom. The monoisotopic (exact) mass is 218 g/mol. The normalized spacial score (nSPS) is 15.2. The van der Waals surface area contributed by atoms with Crippen molar-refractivity contribution in [3.8, 4) is 0 Å². The Kier molecular flexibility index (Phi) is 10.3. The van der Waals surface area contributed by atoms with E-state index in [2.05, 4.69) is 12.2 Å². The molecule has 0 radical (unpaired) electrons. The van der Waals surface area contributed by atoms with E-state index in [1.54, 1.807) is 7.11 Å². The first-order chi connectivity index (χ1) is 7.24. The first kappa shape index (κ1) is 14.8. The molecular formula is C11H26N2O2. The van der Waals surface area contributed by atoms with Gasteiger partial charge in [0, 0.05) is 19.8 Å². The standard InChI is InChI=1S/C11H26N2O2/c1-10(5-7-14)8-13-11(9-15-2)4-3-6-12/h10-11,13-14H,3-9,12H2,1-2H3. The Hall–Kier alpha value is -0.160. The molecule has 0 aromatic rings. The van der Waals surface area contributed by atoms with Crippen LogP contribution in [-0.2, 0) is 4.74 Å².